The van der Waals surface area contributed by atoms with E-state index in [0.29, 0.717) is 48.1 Å². The van der Waals surface area contributed by atoms with Gasteiger partial charge in [-0.2, -0.15) is 0 Å². The molecule has 0 aromatic heterocycles. The average molecular weight is 1040 g/mol. The Hall–Kier alpha value is -3.06. The van der Waals surface area contributed by atoms with Crippen LogP contribution in [-0.2, 0) is 21.7 Å². The molecule has 0 unspecified atom stereocenters. The molecular weight excluding hydrogens is 972 g/mol. The van der Waals surface area contributed by atoms with Crippen molar-refractivity contribution in [1.82, 2.24) is 0 Å². The van der Waals surface area contributed by atoms with Gasteiger partial charge < -0.3 is 14.3 Å². The zero-order valence-corrected chi connectivity index (χ0v) is 47.1. The molecule has 6 rings (SSSR count). The fraction of sp³-hybridized carbons (Fsp3) is 0.357. The fourth-order valence-corrected chi connectivity index (χ4v) is 11.6. The average Bonchev–Trinajstić information content (AvgIpc) is 3.15. The fourth-order valence-electron chi connectivity index (χ4n) is 8.86. The molecule has 0 aliphatic carbocycles. The van der Waals surface area contributed by atoms with Gasteiger partial charge in [0.25, 0.3) is 0 Å². The van der Waals surface area contributed by atoms with Crippen molar-refractivity contribution in [2.75, 3.05) is 0 Å². The van der Waals surface area contributed by atoms with E-state index in [1.54, 1.807) is 18.2 Å². The van der Waals surface area contributed by atoms with Gasteiger partial charge in [0.1, 0.15) is 5.75 Å². The van der Waals surface area contributed by atoms with Gasteiger partial charge in [-0.05, 0) is 70.7 Å². The molecule has 366 valence electrons. The Morgan fingerprint density at radius 1 is 0.412 bits per heavy atom. The normalized spacial score (nSPS) is 12.9. The van der Waals surface area contributed by atoms with Crippen LogP contribution in [0.2, 0.25) is 20.1 Å². The molecule has 0 saturated heterocycles. The number of halogens is 4. The Bertz CT molecular complexity index is 2860. The van der Waals surface area contributed by atoms with Crippen molar-refractivity contribution >= 4 is 68.3 Å². The number of benzene rings is 6. The molecule has 0 bridgehead atoms. The molecule has 6 aromatic carbocycles. The van der Waals surface area contributed by atoms with Gasteiger partial charge >= 0.3 is 223 Å². The second kappa shape index (κ2) is 20.6. The SMILES string of the molecule is Cc1cc(Cl)c(-c2cccc(OP(O)O)c2-c2c(Cl)cc(C)cc2C(C)(C)C)c(C(C)(C)C)c1.Cc1cc(Cl)c(-c2cccc([PH](O)(O)O)c2-c2c(Cl)cc(C)cc2C(C)(C)C)c(C(C)(C)C)c1. The predicted molar refractivity (Wildman–Crippen MR) is 295 cm³/mol. The summed E-state index contributed by atoms with van der Waals surface area (Å²) in [6.45, 7) is 33.5. The maximum atomic E-state index is 10.6. The van der Waals surface area contributed by atoms with E-state index in [-0.39, 0.29) is 27.0 Å². The molecule has 5 N–H and O–H groups in total. The van der Waals surface area contributed by atoms with Crippen molar-refractivity contribution in [3.8, 4) is 50.3 Å². The van der Waals surface area contributed by atoms with Crippen LogP contribution in [0.4, 0.5) is 0 Å². The molecule has 0 fully saturated rings. The van der Waals surface area contributed by atoms with Gasteiger partial charge in [-0.15, -0.1) is 0 Å². The summed E-state index contributed by atoms with van der Waals surface area (Å²) in [6, 6.07) is 26.9. The number of hydrogen-bond acceptors (Lipinski definition) is 6. The number of rotatable bonds is 7. The van der Waals surface area contributed by atoms with Crippen molar-refractivity contribution in [2.24, 2.45) is 0 Å². The Morgan fingerprint density at radius 2 is 0.706 bits per heavy atom. The van der Waals surface area contributed by atoms with E-state index < -0.39 is 16.5 Å². The van der Waals surface area contributed by atoms with Crippen LogP contribution in [0.25, 0.3) is 44.5 Å². The van der Waals surface area contributed by atoms with Crippen LogP contribution in [-0.4, -0.2) is 24.5 Å². The van der Waals surface area contributed by atoms with E-state index in [9.17, 15) is 24.5 Å². The minimum absolute atomic E-state index is 0.0813. The molecule has 6 aromatic rings. The van der Waals surface area contributed by atoms with Gasteiger partial charge in [0.2, 0.25) is 0 Å². The van der Waals surface area contributed by atoms with Crippen molar-refractivity contribution in [2.45, 2.75) is 132 Å². The summed E-state index contributed by atoms with van der Waals surface area (Å²) in [4.78, 5) is 51.3. The van der Waals surface area contributed by atoms with Gasteiger partial charge in [-0.1, -0.05) is 89.0 Å². The summed E-state index contributed by atoms with van der Waals surface area (Å²) in [6.07, 6.45) is 0. The van der Waals surface area contributed by atoms with Crippen LogP contribution in [0.3, 0.4) is 0 Å². The molecule has 0 radical (unpaired) electrons. The van der Waals surface area contributed by atoms with E-state index in [4.69, 9.17) is 50.9 Å². The van der Waals surface area contributed by atoms with Crippen molar-refractivity contribution in [3.63, 3.8) is 0 Å². The number of aryl methyl sites for hydroxylation is 4. The minimum atomic E-state index is -4.74. The number of hydrogen-bond donors (Lipinski definition) is 5. The maximum absolute atomic E-state index is 10.6. The summed E-state index contributed by atoms with van der Waals surface area (Å²) in [5.41, 5.74) is 13.2. The Labute approximate surface area is 426 Å². The Morgan fingerprint density at radius 3 is 1.03 bits per heavy atom. The van der Waals surface area contributed by atoms with Crippen molar-refractivity contribution < 1.29 is 29.0 Å². The quantitative estimate of drug-likeness (QED) is 0.102. The van der Waals surface area contributed by atoms with Gasteiger partial charge in [0.05, 0.1) is 0 Å². The van der Waals surface area contributed by atoms with E-state index >= 15 is 0 Å². The van der Waals surface area contributed by atoms with Gasteiger partial charge in [-0.25, -0.2) is 0 Å². The van der Waals surface area contributed by atoms with Gasteiger partial charge in [0, 0.05) is 26.7 Å². The Balaban J connectivity index is 0.000000254. The van der Waals surface area contributed by atoms with Gasteiger partial charge in [0.15, 0.2) is 0 Å². The van der Waals surface area contributed by atoms with Crippen LogP contribution in [0.15, 0.2) is 84.9 Å². The molecule has 0 amide bonds. The third kappa shape index (κ3) is 12.5. The van der Waals surface area contributed by atoms with E-state index in [1.165, 1.54) is 0 Å². The molecule has 0 atom stereocenters. The van der Waals surface area contributed by atoms with Crippen LogP contribution >= 0.6 is 62.9 Å². The molecule has 12 heteroatoms. The van der Waals surface area contributed by atoms with E-state index in [0.717, 1.165) is 66.8 Å². The van der Waals surface area contributed by atoms with Crippen molar-refractivity contribution in [3.05, 3.63) is 150 Å². The Kier molecular flexibility index (Phi) is 16.9. The molecular formula is C56H68Cl4O6P2. The standard InChI is InChI=1S/C28H35Cl2O3P.C28H33Cl2O3P/c1-16-12-19(27(3,4)5)24(21(29)14-16)18-10-9-11-23(34(31,32)33)25(18)26-20(28(6,7)8)13-17(2)15-22(26)30;1-16-12-19(27(3,4)5)24(21(29)14-16)18-10-9-11-23(33-34(31)32)25(18)26-20(28(6,7)8)13-17(2)15-22(26)30/h9-15,31-34H,1-8H3;9-15,31-32H,1-8H3. The summed E-state index contributed by atoms with van der Waals surface area (Å²) in [5.74, 6) is 0.348. The third-order valence-electron chi connectivity index (χ3n) is 11.8. The molecule has 0 saturated carbocycles. The molecule has 68 heavy (non-hydrogen) atoms. The van der Waals surface area contributed by atoms with Crippen molar-refractivity contribution in [1.29, 1.82) is 0 Å². The van der Waals surface area contributed by atoms with Crippen LogP contribution < -0.4 is 9.83 Å². The first-order valence-electron chi connectivity index (χ1n) is 22.6. The first-order valence-corrected chi connectivity index (χ1v) is 27.1. The topological polar surface area (TPSA) is 110 Å². The molecule has 6 nitrogen and oxygen atoms in total. The molecule has 0 spiro atoms. The van der Waals surface area contributed by atoms with Crippen LogP contribution in [0.1, 0.15) is 128 Å². The zero-order chi connectivity index (χ0) is 51.4. The first-order chi connectivity index (χ1) is 31.0. The summed E-state index contributed by atoms with van der Waals surface area (Å²) >= 11 is 27.6. The van der Waals surface area contributed by atoms with Crippen LogP contribution in [0, 0.1) is 27.7 Å². The van der Waals surface area contributed by atoms with E-state index in [1.807, 2.05) is 70.2 Å². The molecule has 0 aliphatic rings. The zero-order valence-electron chi connectivity index (χ0n) is 42.2. The molecule has 0 aliphatic heterocycles. The summed E-state index contributed by atoms with van der Waals surface area (Å²) in [5, 5.41) is 2.32. The third-order valence-corrected chi connectivity index (χ3v) is 14.5. The second-order valence-corrected chi connectivity index (χ2v) is 26.2. The van der Waals surface area contributed by atoms with E-state index in [2.05, 4.69) is 107 Å². The predicted octanol–water partition coefficient (Wildman–Crippen LogP) is 16.8. The monoisotopic (exact) mass is 1040 g/mol. The van der Waals surface area contributed by atoms with Crippen LogP contribution in [0.5, 0.6) is 5.75 Å². The van der Waals surface area contributed by atoms with Gasteiger partial charge in [-0.3, -0.25) is 0 Å². The summed E-state index contributed by atoms with van der Waals surface area (Å²) < 4.78 is 5.58. The second-order valence-electron chi connectivity index (χ2n) is 22.1. The first kappa shape index (κ1) is 55.9. The summed E-state index contributed by atoms with van der Waals surface area (Å²) in [7, 11) is -7.37. The molecule has 0 heterocycles.